The number of nitrogens with one attached hydrogen (secondary N) is 1. The van der Waals surface area contributed by atoms with Crippen LogP contribution in [-0.4, -0.2) is 24.2 Å². The molecule has 0 atom stereocenters. The highest BCUT2D eigenvalue weighted by atomic mass is 35.5. The second kappa shape index (κ2) is 9.21. The van der Waals surface area contributed by atoms with Gasteiger partial charge in [0.25, 0.3) is 0 Å². The van der Waals surface area contributed by atoms with Gasteiger partial charge in [-0.2, -0.15) is 0 Å². The molecule has 0 spiro atoms. The van der Waals surface area contributed by atoms with Gasteiger partial charge in [0.05, 0.1) is 10.0 Å². The first-order chi connectivity index (χ1) is 14.6. The van der Waals surface area contributed by atoms with E-state index in [2.05, 4.69) is 46.4 Å². The third-order valence-electron chi connectivity index (χ3n) is 4.88. The van der Waals surface area contributed by atoms with Crippen molar-refractivity contribution >= 4 is 29.3 Å². The summed E-state index contributed by atoms with van der Waals surface area (Å²) >= 11 is 11.8. The Hall–Kier alpha value is -3.00. The molecule has 0 radical (unpaired) electrons. The summed E-state index contributed by atoms with van der Waals surface area (Å²) in [6, 6.07) is 18.1. The van der Waals surface area contributed by atoms with E-state index < -0.39 is 6.09 Å². The number of amides is 1. The van der Waals surface area contributed by atoms with E-state index in [-0.39, 0.29) is 12.5 Å². The van der Waals surface area contributed by atoms with Crippen molar-refractivity contribution in [1.29, 1.82) is 0 Å². The summed E-state index contributed by atoms with van der Waals surface area (Å²) < 4.78 is 5.49. The van der Waals surface area contributed by atoms with Crippen molar-refractivity contribution < 1.29 is 9.53 Å². The van der Waals surface area contributed by atoms with Crippen molar-refractivity contribution in [3.8, 4) is 23.0 Å². The zero-order chi connectivity index (χ0) is 20.9. The van der Waals surface area contributed by atoms with Gasteiger partial charge >= 0.3 is 6.09 Å². The van der Waals surface area contributed by atoms with Crippen molar-refractivity contribution in [1.82, 2.24) is 10.3 Å². The fraction of sp³-hybridized carbons (Fsp3) is 0.167. The number of aromatic nitrogens is 1. The van der Waals surface area contributed by atoms with Crippen LogP contribution in [0.15, 0.2) is 60.8 Å². The predicted octanol–water partition coefficient (Wildman–Crippen LogP) is 5.67. The van der Waals surface area contributed by atoms with E-state index in [9.17, 15) is 4.79 Å². The lowest BCUT2D eigenvalue weighted by Gasteiger charge is -2.14. The average Bonchev–Trinajstić information content (AvgIpc) is 3.07. The number of alkyl carbamates (subject to hydrolysis) is 1. The number of pyridine rings is 1. The van der Waals surface area contributed by atoms with Gasteiger partial charge < -0.3 is 10.1 Å². The molecule has 2 aromatic carbocycles. The molecule has 0 saturated heterocycles. The molecule has 0 bridgehead atoms. The van der Waals surface area contributed by atoms with E-state index in [4.69, 9.17) is 27.9 Å². The van der Waals surface area contributed by atoms with E-state index in [0.29, 0.717) is 28.7 Å². The molecule has 0 aliphatic heterocycles. The lowest BCUT2D eigenvalue weighted by atomic mass is 9.98. The van der Waals surface area contributed by atoms with Crippen molar-refractivity contribution in [2.24, 2.45) is 0 Å². The van der Waals surface area contributed by atoms with Crippen molar-refractivity contribution in [2.75, 3.05) is 13.2 Å². The summed E-state index contributed by atoms with van der Waals surface area (Å²) in [5.74, 6) is 5.84. The molecule has 1 N–H and O–H groups in total. The first-order valence-corrected chi connectivity index (χ1v) is 10.3. The molecule has 0 saturated carbocycles. The monoisotopic (exact) mass is 436 g/mol. The Bertz CT molecular complexity index is 1110. The smallest absolute Gasteiger partial charge is 0.407 e. The number of halogens is 2. The third-order valence-corrected chi connectivity index (χ3v) is 5.37. The number of fused-ring (bicyclic) bond motifs is 3. The number of ether oxygens (including phenoxy) is 1. The maximum absolute atomic E-state index is 12.1. The Balaban J connectivity index is 1.29. The maximum Gasteiger partial charge on any atom is 0.407 e. The Kier molecular flexibility index (Phi) is 6.23. The highest BCUT2D eigenvalue weighted by Gasteiger charge is 2.28. The van der Waals surface area contributed by atoms with Gasteiger partial charge in [0, 0.05) is 25.1 Å². The molecule has 1 aromatic heterocycles. The lowest BCUT2D eigenvalue weighted by molar-refractivity contribution is 0.143. The largest absolute Gasteiger partial charge is 0.449 e. The highest BCUT2D eigenvalue weighted by Crippen LogP contribution is 2.44. The predicted molar refractivity (Wildman–Crippen MR) is 119 cm³/mol. The van der Waals surface area contributed by atoms with E-state index in [1.807, 2.05) is 24.3 Å². The molecule has 6 heteroatoms. The van der Waals surface area contributed by atoms with Crippen LogP contribution in [0.25, 0.3) is 11.1 Å². The number of carbonyl (C=O) groups excluding carboxylic acids is 1. The normalized spacial score (nSPS) is 11.8. The SMILES string of the molecule is O=C(NCCC#Cc1ncc(Cl)cc1Cl)OCC1c2ccccc2-c2ccccc21. The molecule has 30 heavy (non-hydrogen) atoms. The van der Waals surface area contributed by atoms with Crippen molar-refractivity contribution in [2.45, 2.75) is 12.3 Å². The number of benzene rings is 2. The van der Waals surface area contributed by atoms with Gasteiger partial charge in [-0.05, 0) is 34.2 Å². The molecule has 4 nitrogen and oxygen atoms in total. The maximum atomic E-state index is 12.1. The molecule has 3 aromatic rings. The topological polar surface area (TPSA) is 51.2 Å². The zero-order valence-corrected chi connectivity index (χ0v) is 17.5. The van der Waals surface area contributed by atoms with Gasteiger partial charge in [0.2, 0.25) is 0 Å². The van der Waals surface area contributed by atoms with Gasteiger partial charge in [0.1, 0.15) is 12.3 Å². The van der Waals surface area contributed by atoms with Crippen LogP contribution in [0.1, 0.15) is 29.2 Å². The highest BCUT2D eigenvalue weighted by molar-refractivity contribution is 6.35. The van der Waals surface area contributed by atoms with Crippen molar-refractivity contribution in [3.63, 3.8) is 0 Å². The van der Waals surface area contributed by atoms with Gasteiger partial charge in [-0.1, -0.05) is 77.7 Å². The van der Waals surface area contributed by atoms with Gasteiger partial charge in [-0.25, -0.2) is 9.78 Å². The average molecular weight is 437 g/mol. The van der Waals surface area contributed by atoms with Crippen LogP contribution in [0.5, 0.6) is 0 Å². The lowest BCUT2D eigenvalue weighted by Crippen LogP contribution is -2.26. The van der Waals surface area contributed by atoms with E-state index in [1.54, 1.807) is 6.07 Å². The summed E-state index contributed by atoms with van der Waals surface area (Å²) in [5.41, 5.74) is 5.23. The van der Waals surface area contributed by atoms with Gasteiger partial charge in [-0.15, -0.1) is 0 Å². The minimum atomic E-state index is -0.457. The fourth-order valence-corrected chi connectivity index (χ4v) is 3.96. The van der Waals surface area contributed by atoms with E-state index >= 15 is 0 Å². The van der Waals surface area contributed by atoms with Crippen LogP contribution in [0.2, 0.25) is 10.0 Å². The first kappa shape index (κ1) is 20.3. The first-order valence-electron chi connectivity index (χ1n) is 9.52. The summed E-state index contributed by atoms with van der Waals surface area (Å²) in [6.45, 7) is 0.657. The Morgan fingerprint density at radius 2 is 1.73 bits per heavy atom. The standard InChI is InChI=1S/C24H18Cl2N2O2/c25-16-13-22(26)23(28-14-16)11-5-6-12-27-24(29)30-15-21-19-9-3-1-7-17(19)18-8-2-4-10-20(18)21/h1-4,7-10,13-14,21H,6,12,15H2,(H,27,29). The van der Waals surface area contributed by atoms with Crippen molar-refractivity contribution in [3.05, 3.63) is 87.7 Å². The third kappa shape index (κ3) is 4.43. The number of hydrogen-bond acceptors (Lipinski definition) is 3. The van der Waals surface area contributed by atoms with E-state index in [0.717, 1.165) is 0 Å². The molecular formula is C24H18Cl2N2O2. The number of nitrogens with zero attached hydrogens (tertiary/aromatic N) is 1. The van der Waals surface area contributed by atoms with Crippen LogP contribution in [0.4, 0.5) is 4.79 Å². The molecule has 150 valence electrons. The van der Waals surface area contributed by atoms with Crippen LogP contribution in [0.3, 0.4) is 0 Å². The molecule has 4 rings (SSSR count). The minimum absolute atomic E-state index is 0.0427. The Morgan fingerprint density at radius 3 is 2.40 bits per heavy atom. The molecule has 1 amide bonds. The second-order valence-corrected chi connectivity index (χ2v) is 7.63. The molecule has 0 fully saturated rings. The zero-order valence-electron chi connectivity index (χ0n) is 16.0. The molecule has 1 heterocycles. The van der Waals surface area contributed by atoms with Gasteiger partial charge in [-0.3, -0.25) is 0 Å². The molecular weight excluding hydrogens is 419 g/mol. The van der Waals surface area contributed by atoms with Crippen LogP contribution >= 0.6 is 23.2 Å². The summed E-state index contributed by atoms with van der Waals surface area (Å²) in [4.78, 5) is 16.2. The Labute approximate surface area is 185 Å². The number of hydrogen-bond donors (Lipinski definition) is 1. The number of carbonyl (C=O) groups is 1. The van der Waals surface area contributed by atoms with Crippen LogP contribution in [-0.2, 0) is 4.74 Å². The Morgan fingerprint density at radius 1 is 1.07 bits per heavy atom. The summed E-state index contributed by atoms with van der Waals surface area (Å²) in [7, 11) is 0. The molecule has 0 unspecified atom stereocenters. The summed E-state index contributed by atoms with van der Waals surface area (Å²) in [5, 5.41) is 3.59. The number of rotatable bonds is 4. The van der Waals surface area contributed by atoms with E-state index in [1.165, 1.54) is 28.5 Å². The minimum Gasteiger partial charge on any atom is -0.449 e. The van der Waals surface area contributed by atoms with Gasteiger partial charge in [0.15, 0.2) is 0 Å². The molecule has 1 aliphatic rings. The molecule has 1 aliphatic carbocycles. The fourth-order valence-electron chi connectivity index (χ4n) is 3.53. The van der Waals surface area contributed by atoms with Crippen LogP contribution < -0.4 is 5.32 Å². The summed E-state index contributed by atoms with van der Waals surface area (Å²) in [6.07, 6.45) is 1.48. The second-order valence-electron chi connectivity index (χ2n) is 6.79. The quantitative estimate of drug-likeness (QED) is 0.423. The van der Waals surface area contributed by atoms with Crippen LogP contribution in [0, 0.1) is 11.8 Å².